The van der Waals surface area contributed by atoms with E-state index in [4.69, 9.17) is 0 Å². The molecule has 348 valence electrons. The Labute approximate surface area is 393 Å². The molecule has 4 aliphatic rings. The summed E-state index contributed by atoms with van der Waals surface area (Å²) in [5, 5.41) is 27.2. The van der Waals surface area contributed by atoms with E-state index in [1.807, 2.05) is 48.5 Å². The van der Waals surface area contributed by atoms with Crippen LogP contribution in [0.1, 0.15) is 50.7 Å². The number of hydrogen-bond acceptors (Lipinski definition) is 11. The Balaban J connectivity index is 1.24. The van der Waals surface area contributed by atoms with Crippen molar-refractivity contribution in [3.8, 4) is 22.3 Å². The summed E-state index contributed by atoms with van der Waals surface area (Å²) in [5.41, 5.74) is 3.74. The molecule has 4 saturated heterocycles. The van der Waals surface area contributed by atoms with Crippen LogP contribution in [0.3, 0.4) is 0 Å². The van der Waals surface area contributed by atoms with Crippen molar-refractivity contribution in [1.29, 1.82) is 0 Å². The molecule has 0 radical (unpaired) electrons. The molecule has 4 heterocycles. The summed E-state index contributed by atoms with van der Waals surface area (Å²) in [6.07, 6.45) is 9.88. The summed E-state index contributed by atoms with van der Waals surface area (Å²) in [4.78, 5) is 88.7. The standard InChI is InChI=1S/C50H54N8O8S/c1-35(59)51-27-31-55(32-28-51)45(61)21-17-37-15-19-43(49(57(63)64)47(37)39-11-3-5-13-41(39)53-23-7-8-24-53)67-44-20-16-38(18-22-46(62)56-33-29-52(30-34-56)36(2)60)48(50(44)58(65)66)40-12-4-6-14-42(40)54-25-9-10-26-54/h3-6,11-22H,7-10,23-34H2,1-2H3. The third-order valence-corrected chi connectivity index (χ3v) is 14.2. The Morgan fingerprint density at radius 2 is 0.836 bits per heavy atom. The minimum Gasteiger partial charge on any atom is -0.371 e. The van der Waals surface area contributed by atoms with Gasteiger partial charge in [-0.05, 0) is 73.2 Å². The molecule has 0 bridgehead atoms. The number of amides is 4. The van der Waals surface area contributed by atoms with Gasteiger partial charge in [0.1, 0.15) is 0 Å². The highest BCUT2D eigenvalue weighted by atomic mass is 32.2. The molecular weight excluding hydrogens is 873 g/mol. The minimum atomic E-state index is -0.451. The van der Waals surface area contributed by atoms with Gasteiger partial charge in [-0.3, -0.25) is 39.4 Å². The lowest BCUT2D eigenvalue weighted by molar-refractivity contribution is -0.387. The summed E-state index contributed by atoms with van der Waals surface area (Å²) in [6.45, 7) is 9.16. The second-order valence-electron chi connectivity index (χ2n) is 17.1. The van der Waals surface area contributed by atoms with Crippen LogP contribution >= 0.6 is 11.8 Å². The molecule has 4 aliphatic heterocycles. The predicted octanol–water partition coefficient (Wildman–Crippen LogP) is 7.60. The van der Waals surface area contributed by atoms with Gasteiger partial charge in [0.15, 0.2) is 0 Å². The van der Waals surface area contributed by atoms with E-state index in [9.17, 15) is 39.4 Å². The molecule has 0 atom stereocenters. The highest BCUT2D eigenvalue weighted by Gasteiger charge is 2.33. The normalized spacial score (nSPS) is 16.7. The molecule has 67 heavy (non-hydrogen) atoms. The van der Waals surface area contributed by atoms with E-state index in [1.165, 1.54) is 26.0 Å². The molecule has 0 spiro atoms. The number of carbonyl (C=O) groups excluding carboxylic acids is 4. The molecule has 4 aromatic rings. The molecule has 17 heteroatoms. The van der Waals surface area contributed by atoms with Gasteiger partial charge in [-0.15, -0.1) is 0 Å². The Morgan fingerprint density at radius 1 is 0.493 bits per heavy atom. The number of rotatable bonds is 12. The van der Waals surface area contributed by atoms with Gasteiger partial charge in [-0.1, -0.05) is 60.3 Å². The van der Waals surface area contributed by atoms with E-state index in [1.54, 1.807) is 56.0 Å². The van der Waals surface area contributed by atoms with Crippen molar-refractivity contribution in [3.63, 3.8) is 0 Å². The molecule has 16 nitrogen and oxygen atoms in total. The molecular formula is C50H54N8O8S. The van der Waals surface area contributed by atoms with Crippen molar-refractivity contribution >= 4 is 70.3 Å². The van der Waals surface area contributed by atoms with Crippen molar-refractivity contribution in [3.05, 3.63) is 116 Å². The maximum atomic E-state index is 13.6. The van der Waals surface area contributed by atoms with E-state index in [0.29, 0.717) is 74.6 Å². The zero-order valence-corrected chi connectivity index (χ0v) is 38.6. The van der Waals surface area contributed by atoms with Crippen molar-refractivity contribution in [1.82, 2.24) is 19.6 Å². The second kappa shape index (κ2) is 20.7. The number of hydrogen-bond donors (Lipinski definition) is 0. The van der Waals surface area contributed by atoms with Crippen molar-refractivity contribution < 1.29 is 29.0 Å². The van der Waals surface area contributed by atoms with E-state index in [-0.39, 0.29) is 55.9 Å². The van der Waals surface area contributed by atoms with Gasteiger partial charge in [0.25, 0.3) is 11.4 Å². The van der Waals surface area contributed by atoms with Gasteiger partial charge in [-0.2, -0.15) is 0 Å². The first-order valence-electron chi connectivity index (χ1n) is 22.8. The average Bonchev–Trinajstić information content (AvgIpc) is 4.09. The van der Waals surface area contributed by atoms with Crippen LogP contribution in [0.15, 0.2) is 94.7 Å². The Hall–Kier alpha value is -7.01. The van der Waals surface area contributed by atoms with Crippen LogP contribution in [0.4, 0.5) is 22.7 Å². The molecule has 4 aromatic carbocycles. The highest BCUT2D eigenvalue weighted by Crippen LogP contribution is 2.51. The smallest absolute Gasteiger partial charge is 0.291 e. The molecule has 0 unspecified atom stereocenters. The quantitative estimate of drug-likeness (QED) is 0.0778. The first-order valence-corrected chi connectivity index (χ1v) is 23.7. The molecule has 8 rings (SSSR count). The number of anilines is 2. The number of nitro groups is 2. The monoisotopic (exact) mass is 926 g/mol. The van der Waals surface area contributed by atoms with Gasteiger partial charge in [-0.25, -0.2) is 0 Å². The van der Waals surface area contributed by atoms with E-state index in [2.05, 4.69) is 9.80 Å². The molecule has 0 aromatic heterocycles. The lowest BCUT2D eigenvalue weighted by atomic mass is 9.95. The number of nitro benzene ring substituents is 2. The largest absolute Gasteiger partial charge is 0.371 e. The summed E-state index contributed by atoms with van der Waals surface area (Å²) >= 11 is 0.935. The Bertz CT molecular complexity index is 2460. The fraction of sp³-hybridized carbons (Fsp3) is 0.360. The maximum Gasteiger partial charge on any atom is 0.291 e. The first-order chi connectivity index (χ1) is 32.4. The Kier molecular flexibility index (Phi) is 14.3. The number of nitrogens with zero attached hydrogens (tertiary/aromatic N) is 8. The third-order valence-electron chi connectivity index (χ3n) is 13.1. The molecule has 0 N–H and O–H groups in total. The highest BCUT2D eigenvalue weighted by molar-refractivity contribution is 7.99. The van der Waals surface area contributed by atoms with Gasteiger partial charge in [0.2, 0.25) is 23.6 Å². The number of piperazine rings is 2. The summed E-state index contributed by atoms with van der Waals surface area (Å²) in [5.74, 6) is -0.681. The second-order valence-corrected chi connectivity index (χ2v) is 18.2. The zero-order valence-electron chi connectivity index (χ0n) is 37.8. The van der Waals surface area contributed by atoms with E-state index >= 15 is 0 Å². The maximum absolute atomic E-state index is 13.6. The molecule has 4 amide bonds. The Morgan fingerprint density at radius 3 is 1.18 bits per heavy atom. The van der Waals surface area contributed by atoms with Crippen molar-refractivity contribution in [2.24, 2.45) is 0 Å². The van der Waals surface area contributed by atoms with Crippen LogP contribution in [-0.2, 0) is 19.2 Å². The van der Waals surface area contributed by atoms with Gasteiger partial charge in [0, 0.05) is 127 Å². The SMILES string of the molecule is CC(=O)N1CCN(C(=O)C=Cc2ccc(Sc3ccc(C=CC(=O)N4CCN(C(C)=O)CC4)c(-c4ccccc4N4CCCC4)c3[N+](=O)[O-])c([N+](=O)[O-])c2-c2ccccc2N2CCCC2)CC1. The topological polar surface area (TPSA) is 174 Å². The van der Waals surface area contributed by atoms with Crippen LogP contribution < -0.4 is 9.80 Å². The third kappa shape index (κ3) is 10.2. The van der Waals surface area contributed by atoms with Crippen LogP contribution in [0.5, 0.6) is 0 Å². The summed E-state index contributed by atoms with van der Waals surface area (Å²) < 4.78 is 0. The lowest BCUT2D eigenvalue weighted by Gasteiger charge is -2.33. The average molecular weight is 927 g/mol. The number of para-hydroxylation sites is 2. The van der Waals surface area contributed by atoms with Gasteiger partial charge in [0.05, 0.1) is 30.8 Å². The fourth-order valence-corrected chi connectivity index (χ4v) is 10.6. The van der Waals surface area contributed by atoms with E-state index < -0.39 is 9.85 Å². The van der Waals surface area contributed by atoms with Crippen LogP contribution in [0.2, 0.25) is 0 Å². The molecule has 0 aliphatic carbocycles. The van der Waals surface area contributed by atoms with Crippen LogP contribution in [-0.4, -0.2) is 132 Å². The number of benzene rings is 4. The predicted molar refractivity (Wildman–Crippen MR) is 260 cm³/mol. The first kappa shape index (κ1) is 46.5. The zero-order chi connectivity index (χ0) is 47.2. The van der Waals surface area contributed by atoms with Crippen LogP contribution in [0, 0.1) is 20.2 Å². The van der Waals surface area contributed by atoms with Crippen molar-refractivity contribution in [2.45, 2.75) is 49.3 Å². The van der Waals surface area contributed by atoms with Crippen molar-refractivity contribution in [2.75, 3.05) is 88.3 Å². The summed E-state index contributed by atoms with van der Waals surface area (Å²) in [6, 6.07) is 21.6. The van der Waals surface area contributed by atoms with Gasteiger partial charge >= 0.3 is 0 Å². The van der Waals surface area contributed by atoms with E-state index in [0.717, 1.165) is 75.0 Å². The minimum absolute atomic E-state index is 0.0554. The van der Waals surface area contributed by atoms with Gasteiger partial charge < -0.3 is 29.4 Å². The summed E-state index contributed by atoms with van der Waals surface area (Å²) in [7, 11) is 0. The number of carbonyl (C=O) groups is 4. The lowest BCUT2D eigenvalue weighted by Crippen LogP contribution is -2.49. The molecule has 4 fully saturated rings. The molecule has 0 saturated carbocycles. The van der Waals surface area contributed by atoms with Crippen LogP contribution in [0.25, 0.3) is 34.4 Å². The fourth-order valence-electron chi connectivity index (χ4n) is 9.52.